The number of aliphatic hydroxyl groups is 1. The Morgan fingerprint density at radius 3 is 1.82 bits per heavy atom. The monoisotopic (exact) mass is 645 g/mol. The van der Waals surface area contributed by atoms with Gasteiger partial charge in [-0.2, -0.15) is 0 Å². The van der Waals surface area contributed by atoms with E-state index in [1.807, 2.05) is 13.8 Å². The summed E-state index contributed by atoms with van der Waals surface area (Å²) < 4.78 is 14.1. The van der Waals surface area contributed by atoms with Crippen LogP contribution in [0.4, 0.5) is 0 Å². The predicted molar refractivity (Wildman–Crippen MR) is 196 cm³/mol. The molecule has 0 aliphatic heterocycles. The summed E-state index contributed by atoms with van der Waals surface area (Å²) >= 11 is 0. The molecule has 1 N–H and O–H groups in total. The summed E-state index contributed by atoms with van der Waals surface area (Å²) in [5.74, 6) is 2.08. The summed E-state index contributed by atoms with van der Waals surface area (Å²) in [6.45, 7) is 34.7. The predicted octanol–water partition coefficient (Wildman–Crippen LogP) is 11.6. The molecule has 7 atom stereocenters. The lowest BCUT2D eigenvalue weighted by atomic mass is 9.61. The summed E-state index contributed by atoms with van der Waals surface area (Å²) in [6.07, 6.45) is 19.8. The Labute approximate surface area is 276 Å². The van der Waals surface area contributed by atoms with E-state index in [0.29, 0.717) is 23.2 Å². The highest BCUT2D eigenvalue weighted by atomic mass is 28.4. The zero-order valence-corrected chi connectivity index (χ0v) is 33.7. The SMILES string of the molecule is C[C@H](/C=C/[C@H](C)C(C)(C)O)[C@H]1CC[C@H]2/C(=C/C=C3C[C@@H](O[Si](C)(C)C(C)(C)C)C[C@H](O[Si](C)(C)C(C)(C)C)C3)CCC[C@]12C. The van der Waals surface area contributed by atoms with Crippen LogP contribution in [-0.2, 0) is 8.85 Å². The summed E-state index contributed by atoms with van der Waals surface area (Å²) in [4.78, 5) is 0. The smallest absolute Gasteiger partial charge is 0.192 e. The van der Waals surface area contributed by atoms with Crippen molar-refractivity contribution in [2.24, 2.45) is 29.1 Å². The van der Waals surface area contributed by atoms with Crippen LogP contribution in [0.3, 0.4) is 0 Å². The van der Waals surface area contributed by atoms with Crippen molar-refractivity contribution >= 4 is 16.6 Å². The van der Waals surface area contributed by atoms with E-state index < -0.39 is 22.2 Å². The molecule has 3 rings (SSSR count). The fourth-order valence-corrected chi connectivity index (χ4v) is 10.4. The Kier molecular flexibility index (Phi) is 11.7. The van der Waals surface area contributed by atoms with Gasteiger partial charge in [0.15, 0.2) is 16.6 Å². The molecule has 0 amide bonds. The van der Waals surface area contributed by atoms with E-state index in [1.54, 1.807) is 5.57 Å². The minimum atomic E-state index is -1.88. The van der Waals surface area contributed by atoms with Crippen LogP contribution in [0.25, 0.3) is 0 Å². The largest absolute Gasteiger partial charge is 0.414 e. The first-order valence-electron chi connectivity index (χ1n) is 18.0. The van der Waals surface area contributed by atoms with Gasteiger partial charge in [-0.1, -0.05) is 97.8 Å². The minimum Gasteiger partial charge on any atom is -0.414 e. The van der Waals surface area contributed by atoms with Crippen LogP contribution in [0.2, 0.25) is 36.3 Å². The van der Waals surface area contributed by atoms with Crippen molar-refractivity contribution < 1.29 is 14.0 Å². The second kappa shape index (κ2) is 13.6. The van der Waals surface area contributed by atoms with Crippen molar-refractivity contribution in [2.45, 2.75) is 182 Å². The first-order chi connectivity index (χ1) is 19.9. The third kappa shape index (κ3) is 8.91. The maximum absolute atomic E-state index is 10.4. The van der Waals surface area contributed by atoms with E-state index >= 15 is 0 Å². The molecule has 3 fully saturated rings. The quantitative estimate of drug-likeness (QED) is 0.200. The third-order valence-electron chi connectivity index (χ3n) is 13.1. The Morgan fingerprint density at radius 1 is 0.818 bits per heavy atom. The molecule has 0 saturated heterocycles. The van der Waals surface area contributed by atoms with Gasteiger partial charge < -0.3 is 14.0 Å². The normalized spacial score (nSPS) is 31.8. The zero-order chi connectivity index (χ0) is 33.5. The highest BCUT2D eigenvalue weighted by Crippen LogP contribution is 2.59. The molecule has 0 spiro atoms. The van der Waals surface area contributed by atoms with Crippen molar-refractivity contribution in [2.75, 3.05) is 0 Å². The molecule has 0 aromatic heterocycles. The van der Waals surface area contributed by atoms with Gasteiger partial charge >= 0.3 is 0 Å². The van der Waals surface area contributed by atoms with Crippen molar-refractivity contribution in [3.05, 3.63) is 35.5 Å². The maximum atomic E-state index is 10.4. The van der Waals surface area contributed by atoms with Crippen molar-refractivity contribution in [3.63, 3.8) is 0 Å². The number of hydrogen-bond donors (Lipinski definition) is 1. The molecule has 3 nitrogen and oxygen atoms in total. The van der Waals surface area contributed by atoms with Gasteiger partial charge in [-0.05, 0) is 125 Å². The van der Waals surface area contributed by atoms with Crippen LogP contribution in [0.15, 0.2) is 35.5 Å². The molecule has 0 unspecified atom stereocenters. The van der Waals surface area contributed by atoms with Crippen LogP contribution < -0.4 is 0 Å². The number of allylic oxidation sites excluding steroid dienone is 4. The number of hydrogen-bond acceptors (Lipinski definition) is 3. The molecule has 3 aliphatic rings. The molecule has 5 heteroatoms. The lowest BCUT2D eigenvalue weighted by Gasteiger charge is -2.45. The van der Waals surface area contributed by atoms with Crippen molar-refractivity contribution in [1.29, 1.82) is 0 Å². The molecular formula is C39H72O3Si2. The van der Waals surface area contributed by atoms with Gasteiger partial charge in [-0.25, -0.2) is 0 Å². The topological polar surface area (TPSA) is 38.7 Å². The van der Waals surface area contributed by atoms with E-state index in [1.165, 1.54) is 37.7 Å². The molecular weight excluding hydrogens is 573 g/mol. The Balaban J connectivity index is 1.84. The maximum Gasteiger partial charge on any atom is 0.192 e. The molecule has 0 bridgehead atoms. The molecule has 3 saturated carbocycles. The summed E-state index contributed by atoms with van der Waals surface area (Å²) in [7, 11) is -3.76. The van der Waals surface area contributed by atoms with Crippen molar-refractivity contribution in [3.8, 4) is 0 Å². The minimum absolute atomic E-state index is 0.160. The highest BCUT2D eigenvalue weighted by molar-refractivity contribution is 6.74. The zero-order valence-electron chi connectivity index (χ0n) is 31.7. The summed E-state index contributed by atoms with van der Waals surface area (Å²) in [5.41, 5.74) is 2.90. The van der Waals surface area contributed by atoms with Crippen LogP contribution in [0.1, 0.15) is 128 Å². The number of rotatable bonds is 9. The number of fused-ring (bicyclic) bond motifs is 1. The van der Waals surface area contributed by atoms with Crippen LogP contribution in [0.5, 0.6) is 0 Å². The lowest BCUT2D eigenvalue weighted by molar-refractivity contribution is 0.0436. The average molecular weight is 645 g/mol. The fourth-order valence-electron chi connectivity index (χ4n) is 7.71. The molecule has 0 aromatic rings. The van der Waals surface area contributed by atoms with Crippen molar-refractivity contribution in [1.82, 2.24) is 0 Å². The van der Waals surface area contributed by atoms with Crippen LogP contribution in [-0.4, -0.2) is 39.6 Å². The Bertz CT molecular complexity index is 1030. The molecule has 0 aromatic carbocycles. The van der Waals surface area contributed by atoms with E-state index in [9.17, 15) is 5.11 Å². The van der Waals surface area contributed by atoms with Crippen LogP contribution >= 0.6 is 0 Å². The molecule has 44 heavy (non-hydrogen) atoms. The fraction of sp³-hybridized carbons (Fsp3) is 0.846. The highest BCUT2D eigenvalue weighted by Gasteiger charge is 2.50. The summed E-state index contributed by atoms with van der Waals surface area (Å²) in [5, 5.41) is 10.9. The van der Waals surface area contributed by atoms with Gasteiger partial charge in [-0.3, -0.25) is 0 Å². The van der Waals surface area contributed by atoms with E-state index in [-0.39, 0.29) is 28.2 Å². The van der Waals surface area contributed by atoms with Gasteiger partial charge in [-0.15, -0.1) is 0 Å². The van der Waals surface area contributed by atoms with Gasteiger partial charge in [0.1, 0.15) is 0 Å². The second-order valence-corrected chi connectivity index (χ2v) is 28.5. The molecule has 0 radical (unpaired) electrons. The Hall–Kier alpha value is -0.466. The molecule has 254 valence electrons. The first kappa shape index (κ1) is 38.0. The van der Waals surface area contributed by atoms with Crippen LogP contribution in [0, 0.1) is 29.1 Å². The lowest BCUT2D eigenvalue weighted by Crippen LogP contribution is -2.48. The summed E-state index contributed by atoms with van der Waals surface area (Å²) in [6, 6.07) is 0. The molecule has 0 heterocycles. The van der Waals surface area contributed by atoms with Gasteiger partial charge in [0.25, 0.3) is 0 Å². The van der Waals surface area contributed by atoms with Gasteiger partial charge in [0.2, 0.25) is 0 Å². The van der Waals surface area contributed by atoms with E-state index in [4.69, 9.17) is 8.85 Å². The van der Waals surface area contributed by atoms with Gasteiger partial charge in [0.05, 0.1) is 17.8 Å². The Morgan fingerprint density at radius 2 is 1.34 bits per heavy atom. The standard InChI is InChI=1S/C39H72O3Si2/c1-28(18-19-29(2)38(9,10)40)34-22-23-35-31(17-16-24-39(34,35)11)21-20-30-25-32(41-43(12,13)36(3,4)5)27-33(26-30)42-44(14,15)37(6,7)8/h18-21,28-29,32-35,40H,16-17,22-27H2,1-15H3/b19-18+,31-21+/t28-,29+,32-,33-,34-,35+,39-/m1/s1. The van der Waals surface area contributed by atoms with E-state index in [2.05, 4.69) is 113 Å². The van der Waals surface area contributed by atoms with E-state index in [0.717, 1.165) is 19.3 Å². The molecule has 3 aliphatic carbocycles. The second-order valence-electron chi connectivity index (χ2n) is 19.0. The average Bonchev–Trinajstić information content (AvgIpc) is 3.20. The van der Waals surface area contributed by atoms with Gasteiger partial charge in [0, 0.05) is 5.92 Å². The first-order valence-corrected chi connectivity index (χ1v) is 23.8. The third-order valence-corrected chi connectivity index (χ3v) is 22.1.